The van der Waals surface area contributed by atoms with Crippen molar-refractivity contribution in [3.05, 3.63) is 45.5 Å². The third-order valence-corrected chi connectivity index (χ3v) is 4.25. The second-order valence-electron chi connectivity index (χ2n) is 5.03. The minimum absolute atomic E-state index is 0.595. The molecule has 4 N–H and O–H groups in total. The molecule has 2 rings (SSSR count). The minimum Gasteiger partial charge on any atom is -0.326 e. The molecule has 0 spiro atoms. The van der Waals surface area contributed by atoms with Gasteiger partial charge in [0.15, 0.2) is 0 Å². The van der Waals surface area contributed by atoms with Crippen LogP contribution in [0.25, 0.3) is 10.8 Å². The van der Waals surface area contributed by atoms with Crippen molar-refractivity contribution in [2.45, 2.75) is 40.8 Å². The Labute approximate surface area is 109 Å². The Kier molecular flexibility index (Phi) is 3.42. The van der Waals surface area contributed by atoms with Crippen LogP contribution in [-0.2, 0) is 13.1 Å². The molecule has 18 heavy (non-hydrogen) atoms. The molecule has 0 unspecified atom stereocenters. The highest BCUT2D eigenvalue weighted by Gasteiger charge is 2.13. The summed E-state index contributed by atoms with van der Waals surface area (Å²) in [5.41, 5.74) is 19.5. The summed E-state index contributed by atoms with van der Waals surface area (Å²) < 4.78 is 0. The third kappa shape index (κ3) is 1.73. The molecule has 0 aromatic heterocycles. The van der Waals surface area contributed by atoms with Gasteiger partial charge in [-0.25, -0.2) is 0 Å². The first kappa shape index (κ1) is 13.1. The molecule has 0 aliphatic carbocycles. The third-order valence-electron chi connectivity index (χ3n) is 4.25. The molecule has 0 aliphatic heterocycles. The summed E-state index contributed by atoms with van der Waals surface area (Å²) in [6, 6.07) is 4.32. The molecule has 0 fully saturated rings. The molecule has 96 valence electrons. The molecular weight excluding hydrogens is 220 g/mol. The van der Waals surface area contributed by atoms with Gasteiger partial charge in [0.25, 0.3) is 0 Å². The van der Waals surface area contributed by atoms with Gasteiger partial charge >= 0.3 is 0 Å². The maximum Gasteiger partial charge on any atom is 0.0183 e. The lowest BCUT2D eigenvalue weighted by Gasteiger charge is -2.18. The lowest BCUT2D eigenvalue weighted by atomic mass is 9.87. The normalized spacial score (nSPS) is 11.2. The van der Waals surface area contributed by atoms with Gasteiger partial charge < -0.3 is 11.5 Å². The standard InChI is InChI=1S/C16H22N2/c1-9-10(2)16-11(3)13(7-17)5-6-14(16)12(4)15(9)8-18/h5-6H,7-8,17-18H2,1-4H3. The zero-order valence-electron chi connectivity index (χ0n) is 11.7. The smallest absolute Gasteiger partial charge is 0.0183 e. The van der Waals surface area contributed by atoms with Crippen LogP contribution in [0, 0.1) is 27.7 Å². The lowest BCUT2D eigenvalue weighted by Crippen LogP contribution is -2.07. The van der Waals surface area contributed by atoms with Crippen molar-refractivity contribution < 1.29 is 0 Å². The van der Waals surface area contributed by atoms with Crippen LogP contribution in [-0.4, -0.2) is 0 Å². The second-order valence-corrected chi connectivity index (χ2v) is 5.03. The zero-order chi connectivity index (χ0) is 13.4. The number of fused-ring (bicyclic) bond motifs is 1. The van der Waals surface area contributed by atoms with Crippen molar-refractivity contribution in [2.24, 2.45) is 11.5 Å². The van der Waals surface area contributed by atoms with Crippen LogP contribution in [0.1, 0.15) is 33.4 Å². The monoisotopic (exact) mass is 242 g/mol. The Bertz CT molecular complexity index is 613. The van der Waals surface area contributed by atoms with E-state index in [0.29, 0.717) is 13.1 Å². The average Bonchev–Trinajstić information content (AvgIpc) is 2.36. The quantitative estimate of drug-likeness (QED) is 0.850. The Morgan fingerprint density at radius 3 is 2.00 bits per heavy atom. The Balaban J connectivity index is 2.98. The predicted molar refractivity (Wildman–Crippen MR) is 78.7 cm³/mol. The Hall–Kier alpha value is -1.38. The van der Waals surface area contributed by atoms with Gasteiger partial charge in [0.1, 0.15) is 0 Å². The van der Waals surface area contributed by atoms with Crippen molar-refractivity contribution in [1.82, 2.24) is 0 Å². The highest BCUT2D eigenvalue weighted by molar-refractivity contribution is 5.94. The fraction of sp³-hybridized carbons (Fsp3) is 0.375. The first-order chi connectivity index (χ1) is 8.52. The zero-order valence-corrected chi connectivity index (χ0v) is 11.7. The van der Waals surface area contributed by atoms with Crippen molar-refractivity contribution in [3.63, 3.8) is 0 Å². The van der Waals surface area contributed by atoms with Gasteiger partial charge in [-0.05, 0) is 71.8 Å². The van der Waals surface area contributed by atoms with Crippen LogP contribution < -0.4 is 11.5 Å². The molecule has 2 aromatic carbocycles. The van der Waals surface area contributed by atoms with Crippen LogP contribution in [0.3, 0.4) is 0 Å². The maximum absolute atomic E-state index is 5.89. The summed E-state index contributed by atoms with van der Waals surface area (Å²) in [4.78, 5) is 0. The Morgan fingerprint density at radius 1 is 0.778 bits per heavy atom. The number of nitrogens with two attached hydrogens (primary N) is 2. The SMILES string of the molecule is Cc1c(CN)c(C)c2ccc(CN)c(C)c2c1C. The van der Waals surface area contributed by atoms with Gasteiger partial charge in [0.2, 0.25) is 0 Å². The van der Waals surface area contributed by atoms with Gasteiger partial charge in [0.05, 0.1) is 0 Å². The van der Waals surface area contributed by atoms with Crippen molar-refractivity contribution in [3.8, 4) is 0 Å². The van der Waals surface area contributed by atoms with Crippen molar-refractivity contribution in [2.75, 3.05) is 0 Å². The van der Waals surface area contributed by atoms with Gasteiger partial charge in [-0.3, -0.25) is 0 Å². The van der Waals surface area contributed by atoms with Crippen LogP contribution in [0.4, 0.5) is 0 Å². The average molecular weight is 242 g/mol. The van der Waals surface area contributed by atoms with E-state index in [-0.39, 0.29) is 0 Å². The molecule has 0 atom stereocenters. The van der Waals surface area contributed by atoms with Crippen LogP contribution in [0.5, 0.6) is 0 Å². The fourth-order valence-electron chi connectivity index (χ4n) is 2.94. The molecule has 2 heteroatoms. The van der Waals surface area contributed by atoms with E-state index in [1.54, 1.807) is 0 Å². The van der Waals surface area contributed by atoms with E-state index < -0.39 is 0 Å². The summed E-state index contributed by atoms with van der Waals surface area (Å²) in [5, 5.41) is 2.67. The number of hydrogen-bond donors (Lipinski definition) is 2. The van der Waals surface area contributed by atoms with Gasteiger partial charge in [0, 0.05) is 13.1 Å². The van der Waals surface area contributed by atoms with Gasteiger partial charge in [-0.1, -0.05) is 12.1 Å². The largest absolute Gasteiger partial charge is 0.326 e. The van der Waals surface area contributed by atoms with Crippen LogP contribution in [0.2, 0.25) is 0 Å². The number of rotatable bonds is 2. The first-order valence-corrected chi connectivity index (χ1v) is 6.43. The molecule has 2 aromatic rings. The summed E-state index contributed by atoms with van der Waals surface area (Å²) in [6.07, 6.45) is 0. The highest BCUT2D eigenvalue weighted by Crippen LogP contribution is 2.32. The minimum atomic E-state index is 0.595. The Morgan fingerprint density at radius 2 is 1.44 bits per heavy atom. The number of hydrogen-bond acceptors (Lipinski definition) is 2. The molecule has 0 saturated carbocycles. The van der Waals surface area contributed by atoms with Crippen LogP contribution in [0.15, 0.2) is 12.1 Å². The van der Waals surface area contributed by atoms with Crippen molar-refractivity contribution in [1.29, 1.82) is 0 Å². The first-order valence-electron chi connectivity index (χ1n) is 6.43. The number of aryl methyl sites for hydroxylation is 3. The molecule has 0 radical (unpaired) electrons. The van der Waals surface area contributed by atoms with Gasteiger partial charge in [-0.15, -0.1) is 0 Å². The molecule has 0 aliphatic rings. The molecular formula is C16H22N2. The predicted octanol–water partition coefficient (Wildman–Crippen LogP) is 2.99. The number of benzene rings is 2. The van der Waals surface area contributed by atoms with Crippen LogP contribution >= 0.6 is 0 Å². The highest BCUT2D eigenvalue weighted by atomic mass is 14.5. The van der Waals surface area contributed by atoms with E-state index in [1.807, 2.05) is 0 Å². The van der Waals surface area contributed by atoms with E-state index in [2.05, 4.69) is 39.8 Å². The van der Waals surface area contributed by atoms with Crippen molar-refractivity contribution >= 4 is 10.8 Å². The summed E-state index contributed by atoms with van der Waals surface area (Å²) >= 11 is 0. The van der Waals surface area contributed by atoms with Gasteiger partial charge in [-0.2, -0.15) is 0 Å². The van der Waals surface area contributed by atoms with E-state index in [4.69, 9.17) is 11.5 Å². The molecule has 0 amide bonds. The lowest BCUT2D eigenvalue weighted by molar-refractivity contribution is 1.02. The van der Waals surface area contributed by atoms with E-state index in [0.717, 1.165) is 0 Å². The summed E-state index contributed by atoms with van der Waals surface area (Å²) in [6.45, 7) is 9.88. The maximum atomic E-state index is 5.89. The van der Waals surface area contributed by atoms with E-state index in [9.17, 15) is 0 Å². The molecule has 0 heterocycles. The topological polar surface area (TPSA) is 52.0 Å². The van der Waals surface area contributed by atoms with E-state index in [1.165, 1.54) is 44.2 Å². The summed E-state index contributed by atoms with van der Waals surface area (Å²) in [7, 11) is 0. The molecule has 2 nitrogen and oxygen atoms in total. The van der Waals surface area contributed by atoms with E-state index >= 15 is 0 Å². The molecule has 0 bridgehead atoms. The molecule has 0 saturated heterocycles. The summed E-state index contributed by atoms with van der Waals surface area (Å²) in [5.74, 6) is 0. The fourth-order valence-corrected chi connectivity index (χ4v) is 2.94. The second kappa shape index (κ2) is 4.71.